The van der Waals surface area contributed by atoms with Crippen LogP contribution in [0.15, 0.2) is 0 Å². The summed E-state index contributed by atoms with van der Waals surface area (Å²) >= 11 is 0. The standard InChI is InChI=1S/C11H18O6S/c12-10-5-3-9(4-6-10)11(13)17-7-1-2-8-18(14,15)16/h9H,1-8H2,(H,14,15,16). The largest absolute Gasteiger partial charge is 0.465 e. The van der Waals surface area contributed by atoms with E-state index in [4.69, 9.17) is 9.29 Å². The molecule has 1 aliphatic carbocycles. The molecule has 7 heteroatoms. The molecule has 0 heterocycles. The molecule has 1 saturated carbocycles. The molecule has 0 unspecified atom stereocenters. The fraction of sp³-hybridized carbons (Fsp3) is 0.818. The number of carbonyl (C=O) groups excluding carboxylic acids is 2. The minimum absolute atomic E-state index is 0.152. The summed E-state index contributed by atoms with van der Waals surface area (Å²) in [6.45, 7) is 0.152. The third kappa shape index (κ3) is 6.11. The number of ether oxygens (including phenoxy) is 1. The van der Waals surface area contributed by atoms with Crippen molar-refractivity contribution in [2.24, 2.45) is 5.92 Å². The highest BCUT2D eigenvalue weighted by molar-refractivity contribution is 7.85. The number of unbranched alkanes of at least 4 members (excludes halogenated alkanes) is 1. The second kappa shape index (κ2) is 6.84. The molecule has 18 heavy (non-hydrogen) atoms. The van der Waals surface area contributed by atoms with Gasteiger partial charge in [-0.2, -0.15) is 8.42 Å². The molecule has 0 radical (unpaired) electrons. The molecule has 0 spiro atoms. The lowest BCUT2D eigenvalue weighted by Crippen LogP contribution is -2.24. The van der Waals surface area contributed by atoms with E-state index in [0.29, 0.717) is 32.1 Å². The number of rotatable bonds is 6. The van der Waals surface area contributed by atoms with Crippen molar-refractivity contribution in [3.05, 3.63) is 0 Å². The Balaban J connectivity index is 2.12. The van der Waals surface area contributed by atoms with Gasteiger partial charge in [0.2, 0.25) is 0 Å². The van der Waals surface area contributed by atoms with Gasteiger partial charge in [0.1, 0.15) is 5.78 Å². The zero-order valence-corrected chi connectivity index (χ0v) is 10.9. The smallest absolute Gasteiger partial charge is 0.308 e. The second-order valence-corrected chi connectivity index (χ2v) is 6.05. The van der Waals surface area contributed by atoms with E-state index >= 15 is 0 Å². The number of esters is 1. The third-order valence-corrected chi connectivity index (χ3v) is 3.72. The van der Waals surface area contributed by atoms with Gasteiger partial charge < -0.3 is 4.74 Å². The highest BCUT2D eigenvalue weighted by Crippen LogP contribution is 2.22. The zero-order valence-electron chi connectivity index (χ0n) is 10.1. The molecule has 0 aromatic heterocycles. The molecule has 0 saturated heterocycles. The summed E-state index contributed by atoms with van der Waals surface area (Å²) < 4.78 is 34.3. The van der Waals surface area contributed by atoms with E-state index < -0.39 is 10.1 Å². The predicted octanol–water partition coefficient (Wildman–Crippen LogP) is 0.957. The first-order valence-corrected chi connectivity index (χ1v) is 7.63. The minimum Gasteiger partial charge on any atom is -0.465 e. The van der Waals surface area contributed by atoms with Crippen molar-refractivity contribution in [2.75, 3.05) is 12.4 Å². The Labute approximate surface area is 106 Å². The van der Waals surface area contributed by atoms with Gasteiger partial charge in [-0.3, -0.25) is 14.1 Å². The number of hydrogen-bond acceptors (Lipinski definition) is 5. The van der Waals surface area contributed by atoms with Crippen LogP contribution in [0.1, 0.15) is 38.5 Å². The monoisotopic (exact) mass is 278 g/mol. The minimum atomic E-state index is -3.93. The number of hydrogen-bond donors (Lipinski definition) is 1. The van der Waals surface area contributed by atoms with Crippen molar-refractivity contribution in [1.29, 1.82) is 0 Å². The molecule has 0 bridgehead atoms. The Morgan fingerprint density at radius 2 is 1.89 bits per heavy atom. The maximum Gasteiger partial charge on any atom is 0.308 e. The molecule has 1 fully saturated rings. The number of ketones is 1. The number of carbonyl (C=O) groups is 2. The lowest BCUT2D eigenvalue weighted by Gasteiger charge is -2.19. The van der Waals surface area contributed by atoms with E-state index in [1.165, 1.54) is 0 Å². The van der Waals surface area contributed by atoms with Crippen molar-refractivity contribution < 1.29 is 27.3 Å². The molecule has 0 aliphatic heterocycles. The Bertz CT molecular complexity index is 390. The third-order valence-electron chi connectivity index (χ3n) is 2.92. The predicted molar refractivity (Wildman–Crippen MR) is 63.6 cm³/mol. The summed E-state index contributed by atoms with van der Waals surface area (Å²) in [5, 5.41) is 0. The molecule has 6 nitrogen and oxygen atoms in total. The highest BCUT2D eigenvalue weighted by Gasteiger charge is 2.25. The molecule has 1 aliphatic rings. The Hall–Kier alpha value is -0.950. The SMILES string of the molecule is O=C1CCC(C(=O)OCCCCS(=O)(=O)O)CC1. The quantitative estimate of drug-likeness (QED) is 0.441. The average molecular weight is 278 g/mol. The lowest BCUT2D eigenvalue weighted by molar-refractivity contribution is -0.150. The normalized spacial score (nSPS) is 17.7. The van der Waals surface area contributed by atoms with E-state index in [2.05, 4.69) is 0 Å². The maximum absolute atomic E-state index is 11.6. The number of Topliss-reactive ketones (excluding diaryl/α,β-unsaturated/α-hetero) is 1. The van der Waals surface area contributed by atoms with Gasteiger partial charge in [0.05, 0.1) is 18.3 Å². The summed E-state index contributed by atoms with van der Waals surface area (Å²) in [4.78, 5) is 22.6. The maximum atomic E-state index is 11.6. The molecule has 0 amide bonds. The van der Waals surface area contributed by atoms with Gasteiger partial charge in [0, 0.05) is 12.8 Å². The van der Waals surface area contributed by atoms with Crippen LogP contribution in [0.3, 0.4) is 0 Å². The lowest BCUT2D eigenvalue weighted by atomic mass is 9.88. The van der Waals surface area contributed by atoms with E-state index in [1.807, 2.05) is 0 Å². The molecule has 0 aromatic rings. The summed E-state index contributed by atoms with van der Waals surface area (Å²) in [5.41, 5.74) is 0. The first-order valence-electron chi connectivity index (χ1n) is 6.02. The summed E-state index contributed by atoms with van der Waals surface area (Å²) in [6, 6.07) is 0. The van der Waals surface area contributed by atoms with Crippen LogP contribution in [0.5, 0.6) is 0 Å². The molecule has 0 aromatic carbocycles. The van der Waals surface area contributed by atoms with Crippen molar-refractivity contribution in [3.8, 4) is 0 Å². The first kappa shape index (κ1) is 15.1. The van der Waals surface area contributed by atoms with E-state index in [-0.39, 0.29) is 36.5 Å². The van der Waals surface area contributed by atoms with Crippen LogP contribution in [-0.4, -0.2) is 37.1 Å². The van der Waals surface area contributed by atoms with Gasteiger partial charge in [-0.25, -0.2) is 0 Å². The Morgan fingerprint density at radius 3 is 2.44 bits per heavy atom. The molecule has 104 valence electrons. The van der Waals surface area contributed by atoms with Crippen molar-refractivity contribution >= 4 is 21.9 Å². The zero-order chi connectivity index (χ0) is 13.6. The molecule has 1 N–H and O–H groups in total. The van der Waals surface area contributed by atoms with Crippen LogP contribution in [0.25, 0.3) is 0 Å². The van der Waals surface area contributed by atoms with Crippen LogP contribution in [0, 0.1) is 5.92 Å². The molecular weight excluding hydrogens is 260 g/mol. The van der Waals surface area contributed by atoms with Gasteiger partial charge in [-0.15, -0.1) is 0 Å². The Kier molecular flexibility index (Phi) is 5.74. The van der Waals surface area contributed by atoms with Gasteiger partial charge in [-0.05, 0) is 25.7 Å². The van der Waals surface area contributed by atoms with E-state index in [1.54, 1.807) is 0 Å². The van der Waals surface area contributed by atoms with Crippen LogP contribution in [-0.2, 0) is 24.4 Å². The van der Waals surface area contributed by atoms with Crippen LogP contribution < -0.4 is 0 Å². The average Bonchev–Trinajstić information content (AvgIpc) is 2.27. The summed E-state index contributed by atoms with van der Waals surface area (Å²) in [6.07, 6.45) is 2.61. The van der Waals surface area contributed by atoms with Crippen LogP contribution >= 0.6 is 0 Å². The Morgan fingerprint density at radius 1 is 1.28 bits per heavy atom. The second-order valence-electron chi connectivity index (χ2n) is 4.47. The molecular formula is C11H18O6S. The van der Waals surface area contributed by atoms with Crippen molar-refractivity contribution in [1.82, 2.24) is 0 Å². The van der Waals surface area contributed by atoms with Crippen molar-refractivity contribution in [2.45, 2.75) is 38.5 Å². The van der Waals surface area contributed by atoms with Gasteiger partial charge in [0.15, 0.2) is 0 Å². The highest BCUT2D eigenvalue weighted by atomic mass is 32.2. The molecule has 1 rings (SSSR count). The van der Waals surface area contributed by atoms with Crippen molar-refractivity contribution in [3.63, 3.8) is 0 Å². The fourth-order valence-electron chi connectivity index (χ4n) is 1.85. The van der Waals surface area contributed by atoms with Gasteiger partial charge in [-0.1, -0.05) is 0 Å². The first-order chi connectivity index (χ1) is 8.38. The van der Waals surface area contributed by atoms with E-state index in [0.717, 1.165) is 0 Å². The van der Waals surface area contributed by atoms with E-state index in [9.17, 15) is 18.0 Å². The van der Waals surface area contributed by atoms with Crippen LogP contribution in [0.2, 0.25) is 0 Å². The summed E-state index contributed by atoms with van der Waals surface area (Å²) in [7, 11) is -3.93. The van der Waals surface area contributed by atoms with Gasteiger partial charge >= 0.3 is 5.97 Å². The summed E-state index contributed by atoms with van der Waals surface area (Å²) in [5.74, 6) is -0.645. The fourth-order valence-corrected chi connectivity index (χ4v) is 2.42. The van der Waals surface area contributed by atoms with Crippen LogP contribution in [0.4, 0.5) is 0 Å². The van der Waals surface area contributed by atoms with Gasteiger partial charge in [0.25, 0.3) is 10.1 Å². The topological polar surface area (TPSA) is 97.7 Å². The molecule has 0 atom stereocenters.